The molecule has 0 amide bonds. The monoisotopic (exact) mass is 300 g/mol. The quantitative estimate of drug-likeness (QED) is 0.728. The van der Waals surface area contributed by atoms with Gasteiger partial charge in [-0.1, -0.05) is 17.3 Å². The first-order valence-electron chi connectivity index (χ1n) is 7.25. The van der Waals surface area contributed by atoms with Crippen LogP contribution in [-0.4, -0.2) is 18.9 Å². The number of rotatable bonds is 7. The summed E-state index contributed by atoms with van der Waals surface area (Å²) in [5, 5.41) is 13.3. The van der Waals surface area contributed by atoms with Crippen molar-refractivity contribution in [2.24, 2.45) is 0 Å². The molecule has 1 aromatic carbocycles. The molecule has 22 heavy (non-hydrogen) atoms. The Morgan fingerprint density at radius 2 is 2.00 bits per heavy atom. The molecule has 0 N–H and O–H groups in total. The highest BCUT2D eigenvalue weighted by atomic mass is 16.5. The SMILES string of the molecule is COc1ccccc1OCCCC(C#N)c1c(C)noc1C. The molecule has 2 rings (SSSR count). The lowest BCUT2D eigenvalue weighted by Crippen LogP contribution is -2.04. The Hall–Kier alpha value is -2.48. The lowest BCUT2D eigenvalue weighted by Gasteiger charge is -2.12. The summed E-state index contributed by atoms with van der Waals surface area (Å²) < 4.78 is 16.1. The molecule has 0 radical (unpaired) electrons. The van der Waals surface area contributed by atoms with E-state index in [0.717, 1.165) is 29.2 Å². The first-order chi connectivity index (χ1) is 10.7. The molecule has 116 valence electrons. The molecule has 1 atom stereocenters. The molecule has 1 aromatic heterocycles. The predicted octanol–water partition coefficient (Wildman–Crippen LogP) is 3.77. The summed E-state index contributed by atoms with van der Waals surface area (Å²) in [6.45, 7) is 4.23. The van der Waals surface area contributed by atoms with Gasteiger partial charge in [0.05, 0.1) is 31.4 Å². The summed E-state index contributed by atoms with van der Waals surface area (Å²) in [5.74, 6) is 1.93. The van der Waals surface area contributed by atoms with Crippen LogP contribution in [-0.2, 0) is 0 Å². The third-order valence-corrected chi connectivity index (χ3v) is 3.56. The number of ether oxygens (including phenoxy) is 2. The van der Waals surface area contributed by atoms with Crippen LogP contribution in [0, 0.1) is 25.2 Å². The van der Waals surface area contributed by atoms with E-state index in [1.807, 2.05) is 38.1 Å². The van der Waals surface area contributed by atoms with Gasteiger partial charge < -0.3 is 14.0 Å². The molecule has 0 bridgehead atoms. The van der Waals surface area contributed by atoms with Gasteiger partial charge in [-0.15, -0.1) is 0 Å². The Bertz CT molecular complexity index is 639. The van der Waals surface area contributed by atoms with E-state index in [9.17, 15) is 5.26 Å². The minimum Gasteiger partial charge on any atom is -0.493 e. The van der Waals surface area contributed by atoms with E-state index in [0.29, 0.717) is 18.8 Å². The van der Waals surface area contributed by atoms with E-state index < -0.39 is 0 Å². The van der Waals surface area contributed by atoms with Crippen molar-refractivity contribution in [3.63, 3.8) is 0 Å². The van der Waals surface area contributed by atoms with Crippen molar-refractivity contribution in [1.82, 2.24) is 5.16 Å². The van der Waals surface area contributed by atoms with Crippen LogP contribution in [0.2, 0.25) is 0 Å². The number of benzene rings is 1. The van der Waals surface area contributed by atoms with Gasteiger partial charge in [0.2, 0.25) is 0 Å². The fourth-order valence-corrected chi connectivity index (χ4v) is 2.47. The number of hydrogen-bond acceptors (Lipinski definition) is 5. The summed E-state index contributed by atoms with van der Waals surface area (Å²) in [6, 6.07) is 9.86. The van der Waals surface area contributed by atoms with Gasteiger partial charge in [-0.2, -0.15) is 5.26 Å². The maximum absolute atomic E-state index is 9.36. The summed E-state index contributed by atoms with van der Waals surface area (Å²) in [6.07, 6.45) is 1.47. The van der Waals surface area contributed by atoms with Crippen molar-refractivity contribution in [2.45, 2.75) is 32.6 Å². The number of methoxy groups -OCH3 is 1. The molecule has 1 heterocycles. The number of aromatic nitrogens is 1. The number of nitriles is 1. The normalized spacial score (nSPS) is 11.7. The average molecular weight is 300 g/mol. The first kappa shape index (κ1) is 15.9. The van der Waals surface area contributed by atoms with Gasteiger partial charge >= 0.3 is 0 Å². The Morgan fingerprint density at radius 1 is 1.27 bits per heavy atom. The van der Waals surface area contributed by atoms with Crippen molar-refractivity contribution in [3.8, 4) is 17.6 Å². The molecule has 0 saturated heterocycles. The second kappa shape index (κ2) is 7.51. The predicted molar refractivity (Wildman–Crippen MR) is 82.1 cm³/mol. The standard InChI is InChI=1S/C17H20N2O3/c1-12-17(13(2)22-19-12)14(11-18)7-6-10-21-16-9-5-4-8-15(16)20-3/h4-5,8-9,14H,6-7,10H2,1-3H3. The second-order valence-corrected chi connectivity index (χ2v) is 5.06. The summed E-state index contributed by atoms with van der Waals surface area (Å²) in [7, 11) is 1.62. The molecule has 2 aromatic rings. The highest BCUT2D eigenvalue weighted by Gasteiger charge is 2.19. The Labute approximate surface area is 130 Å². The second-order valence-electron chi connectivity index (χ2n) is 5.06. The van der Waals surface area contributed by atoms with Crippen molar-refractivity contribution < 1.29 is 14.0 Å². The Morgan fingerprint density at radius 3 is 2.59 bits per heavy atom. The number of nitrogens with zero attached hydrogens (tertiary/aromatic N) is 2. The van der Waals surface area contributed by atoms with Crippen molar-refractivity contribution in [3.05, 3.63) is 41.3 Å². The molecular weight excluding hydrogens is 280 g/mol. The highest BCUT2D eigenvalue weighted by Crippen LogP contribution is 2.28. The van der Waals surface area contributed by atoms with Crippen molar-refractivity contribution in [1.29, 1.82) is 5.26 Å². The largest absolute Gasteiger partial charge is 0.493 e. The van der Waals surface area contributed by atoms with E-state index >= 15 is 0 Å². The van der Waals surface area contributed by atoms with E-state index in [1.54, 1.807) is 7.11 Å². The highest BCUT2D eigenvalue weighted by molar-refractivity contribution is 5.39. The van der Waals surface area contributed by atoms with Gasteiger partial charge in [-0.05, 0) is 38.8 Å². The van der Waals surface area contributed by atoms with Crippen LogP contribution in [0.5, 0.6) is 11.5 Å². The maximum Gasteiger partial charge on any atom is 0.161 e. The fraction of sp³-hybridized carbons (Fsp3) is 0.412. The van der Waals surface area contributed by atoms with Crippen LogP contribution in [0.3, 0.4) is 0 Å². The molecule has 0 aliphatic heterocycles. The minimum absolute atomic E-state index is 0.215. The van der Waals surface area contributed by atoms with Crippen LogP contribution >= 0.6 is 0 Å². The third kappa shape index (κ3) is 3.59. The van der Waals surface area contributed by atoms with Gasteiger partial charge in [0.25, 0.3) is 0 Å². The van der Waals surface area contributed by atoms with Crippen LogP contribution in [0.1, 0.15) is 35.8 Å². The molecule has 0 saturated carbocycles. The fourth-order valence-electron chi connectivity index (χ4n) is 2.47. The molecule has 0 spiro atoms. The molecule has 5 heteroatoms. The minimum atomic E-state index is -0.215. The third-order valence-electron chi connectivity index (χ3n) is 3.56. The Kier molecular flexibility index (Phi) is 5.42. The zero-order valence-corrected chi connectivity index (χ0v) is 13.1. The summed E-state index contributed by atoms with van der Waals surface area (Å²) in [4.78, 5) is 0. The number of hydrogen-bond donors (Lipinski definition) is 0. The van der Waals surface area contributed by atoms with E-state index in [-0.39, 0.29) is 5.92 Å². The van der Waals surface area contributed by atoms with E-state index in [2.05, 4.69) is 11.2 Å². The summed E-state index contributed by atoms with van der Waals surface area (Å²) >= 11 is 0. The van der Waals surface area contributed by atoms with Gasteiger partial charge in [0.1, 0.15) is 5.76 Å². The topological polar surface area (TPSA) is 68.3 Å². The van der Waals surface area contributed by atoms with E-state index in [4.69, 9.17) is 14.0 Å². The maximum atomic E-state index is 9.36. The lowest BCUT2D eigenvalue weighted by molar-refractivity contribution is 0.285. The van der Waals surface area contributed by atoms with Gasteiger partial charge in [-0.25, -0.2) is 0 Å². The van der Waals surface area contributed by atoms with Crippen molar-refractivity contribution in [2.75, 3.05) is 13.7 Å². The molecule has 0 aliphatic carbocycles. The molecule has 5 nitrogen and oxygen atoms in total. The Balaban J connectivity index is 1.89. The van der Waals surface area contributed by atoms with Crippen molar-refractivity contribution >= 4 is 0 Å². The first-order valence-corrected chi connectivity index (χ1v) is 7.25. The molecule has 1 unspecified atom stereocenters. The van der Waals surface area contributed by atoms with E-state index in [1.165, 1.54) is 0 Å². The van der Waals surface area contributed by atoms with Gasteiger partial charge in [0, 0.05) is 5.56 Å². The van der Waals surface area contributed by atoms with Crippen LogP contribution in [0.4, 0.5) is 0 Å². The number of aryl methyl sites for hydroxylation is 2. The smallest absolute Gasteiger partial charge is 0.161 e. The zero-order valence-electron chi connectivity index (χ0n) is 13.1. The van der Waals surface area contributed by atoms with Crippen LogP contribution < -0.4 is 9.47 Å². The zero-order chi connectivity index (χ0) is 15.9. The number of para-hydroxylation sites is 2. The van der Waals surface area contributed by atoms with Crippen LogP contribution in [0.25, 0.3) is 0 Å². The molecular formula is C17H20N2O3. The summed E-state index contributed by atoms with van der Waals surface area (Å²) in [5.41, 5.74) is 1.69. The van der Waals surface area contributed by atoms with Crippen LogP contribution in [0.15, 0.2) is 28.8 Å². The average Bonchev–Trinajstić information content (AvgIpc) is 2.87. The van der Waals surface area contributed by atoms with Gasteiger partial charge in [-0.3, -0.25) is 0 Å². The van der Waals surface area contributed by atoms with Gasteiger partial charge in [0.15, 0.2) is 11.5 Å². The lowest BCUT2D eigenvalue weighted by atomic mass is 9.94. The molecule has 0 fully saturated rings. The molecule has 0 aliphatic rings.